The van der Waals surface area contributed by atoms with Crippen molar-refractivity contribution in [2.45, 2.75) is 26.2 Å². The fraction of sp³-hybridized carbons (Fsp3) is 0.471. The molecule has 2 aromatic rings. The molecule has 122 valence electrons. The third-order valence-corrected chi connectivity index (χ3v) is 4.13. The average molecular weight is 315 g/mol. The molecule has 0 bridgehead atoms. The molecule has 1 amide bonds. The SMILES string of the molecule is COc1ccc(-c2noc(CC(=O)N3CCCC(C)C3)n2)cc1. The second-order valence-corrected chi connectivity index (χ2v) is 6.00. The molecule has 1 unspecified atom stereocenters. The van der Waals surface area contributed by atoms with Crippen molar-refractivity contribution in [3.63, 3.8) is 0 Å². The van der Waals surface area contributed by atoms with Crippen LogP contribution in [0.5, 0.6) is 5.75 Å². The molecule has 1 aromatic heterocycles. The van der Waals surface area contributed by atoms with Crippen LogP contribution in [0.15, 0.2) is 28.8 Å². The molecule has 6 nitrogen and oxygen atoms in total. The second-order valence-electron chi connectivity index (χ2n) is 6.00. The topological polar surface area (TPSA) is 68.5 Å². The predicted octanol–water partition coefficient (Wildman–Crippen LogP) is 2.55. The minimum atomic E-state index is 0.0569. The van der Waals surface area contributed by atoms with Gasteiger partial charge in [0.15, 0.2) is 0 Å². The number of hydrogen-bond acceptors (Lipinski definition) is 5. The van der Waals surface area contributed by atoms with Crippen LogP contribution in [-0.2, 0) is 11.2 Å². The smallest absolute Gasteiger partial charge is 0.236 e. The predicted molar refractivity (Wildman–Crippen MR) is 85.0 cm³/mol. The Morgan fingerprint density at radius 1 is 1.39 bits per heavy atom. The summed E-state index contributed by atoms with van der Waals surface area (Å²) in [7, 11) is 1.62. The highest BCUT2D eigenvalue weighted by atomic mass is 16.5. The van der Waals surface area contributed by atoms with Crippen LogP contribution in [0.1, 0.15) is 25.7 Å². The number of carbonyl (C=O) groups is 1. The molecule has 0 aliphatic carbocycles. The summed E-state index contributed by atoms with van der Waals surface area (Å²) >= 11 is 0. The van der Waals surface area contributed by atoms with Crippen LogP contribution in [0.4, 0.5) is 0 Å². The Labute approximate surface area is 135 Å². The molecule has 3 rings (SSSR count). The standard InChI is InChI=1S/C17H21N3O3/c1-12-4-3-9-20(11-12)16(21)10-15-18-17(19-23-15)13-5-7-14(22-2)8-6-13/h5-8,12H,3-4,9-11H2,1-2H3. The summed E-state index contributed by atoms with van der Waals surface area (Å²) in [5, 5.41) is 3.96. The van der Waals surface area contributed by atoms with E-state index in [9.17, 15) is 4.79 Å². The first-order chi connectivity index (χ1) is 11.2. The Kier molecular flexibility index (Phi) is 4.60. The van der Waals surface area contributed by atoms with Gasteiger partial charge in [0, 0.05) is 18.7 Å². The zero-order valence-corrected chi connectivity index (χ0v) is 13.5. The summed E-state index contributed by atoms with van der Waals surface area (Å²) in [4.78, 5) is 18.5. The fourth-order valence-corrected chi connectivity index (χ4v) is 2.84. The van der Waals surface area contributed by atoms with Crippen LogP contribution >= 0.6 is 0 Å². The maximum absolute atomic E-state index is 12.3. The summed E-state index contributed by atoms with van der Waals surface area (Å²) in [5.41, 5.74) is 0.833. The maximum Gasteiger partial charge on any atom is 0.236 e. The van der Waals surface area contributed by atoms with Crippen LogP contribution in [0.3, 0.4) is 0 Å². The Morgan fingerprint density at radius 2 is 2.17 bits per heavy atom. The van der Waals surface area contributed by atoms with Crippen molar-refractivity contribution >= 4 is 5.91 Å². The third kappa shape index (κ3) is 3.70. The van der Waals surface area contributed by atoms with E-state index < -0.39 is 0 Å². The van der Waals surface area contributed by atoms with E-state index in [1.165, 1.54) is 6.42 Å². The Balaban J connectivity index is 1.65. The lowest BCUT2D eigenvalue weighted by Crippen LogP contribution is -2.39. The zero-order valence-electron chi connectivity index (χ0n) is 13.5. The van der Waals surface area contributed by atoms with Crippen molar-refractivity contribution in [1.29, 1.82) is 0 Å². The highest BCUT2D eigenvalue weighted by molar-refractivity contribution is 5.78. The fourth-order valence-electron chi connectivity index (χ4n) is 2.84. The molecule has 0 N–H and O–H groups in total. The minimum absolute atomic E-state index is 0.0569. The van der Waals surface area contributed by atoms with Gasteiger partial charge in [-0.3, -0.25) is 4.79 Å². The number of benzene rings is 1. The largest absolute Gasteiger partial charge is 0.497 e. The van der Waals surface area contributed by atoms with Gasteiger partial charge < -0.3 is 14.2 Å². The monoisotopic (exact) mass is 315 g/mol. The first-order valence-corrected chi connectivity index (χ1v) is 7.90. The molecule has 6 heteroatoms. The van der Waals surface area contributed by atoms with Crippen molar-refractivity contribution in [2.75, 3.05) is 20.2 Å². The van der Waals surface area contributed by atoms with Gasteiger partial charge in [-0.25, -0.2) is 0 Å². The summed E-state index contributed by atoms with van der Waals surface area (Å²) in [6, 6.07) is 7.40. The van der Waals surface area contributed by atoms with Gasteiger partial charge in [-0.05, 0) is 43.0 Å². The van der Waals surface area contributed by atoms with E-state index in [0.29, 0.717) is 17.6 Å². The number of amides is 1. The number of ether oxygens (including phenoxy) is 1. The molecule has 2 heterocycles. The molecule has 1 saturated heterocycles. The van der Waals surface area contributed by atoms with Crippen LogP contribution in [0.25, 0.3) is 11.4 Å². The number of piperidine rings is 1. The quantitative estimate of drug-likeness (QED) is 0.867. The van der Waals surface area contributed by atoms with E-state index in [2.05, 4.69) is 17.1 Å². The average Bonchev–Trinajstić information content (AvgIpc) is 3.03. The van der Waals surface area contributed by atoms with Crippen LogP contribution in [0, 0.1) is 5.92 Å². The lowest BCUT2D eigenvalue weighted by molar-refractivity contribution is -0.132. The van der Waals surface area contributed by atoms with Gasteiger partial charge in [-0.15, -0.1) is 0 Å². The number of aromatic nitrogens is 2. The van der Waals surface area contributed by atoms with Gasteiger partial charge in [-0.2, -0.15) is 4.98 Å². The van der Waals surface area contributed by atoms with Gasteiger partial charge >= 0.3 is 0 Å². The van der Waals surface area contributed by atoms with Crippen molar-refractivity contribution in [1.82, 2.24) is 15.0 Å². The Hall–Kier alpha value is -2.37. The van der Waals surface area contributed by atoms with Crippen molar-refractivity contribution in [2.24, 2.45) is 5.92 Å². The van der Waals surface area contributed by atoms with Gasteiger partial charge in [0.05, 0.1) is 7.11 Å². The molecule has 1 atom stereocenters. The molecule has 1 aromatic carbocycles. The molecule has 1 fully saturated rings. The van der Waals surface area contributed by atoms with Crippen LogP contribution < -0.4 is 4.74 Å². The molecule has 0 spiro atoms. The highest BCUT2D eigenvalue weighted by Gasteiger charge is 2.23. The van der Waals surface area contributed by atoms with Crippen LogP contribution in [0.2, 0.25) is 0 Å². The van der Waals surface area contributed by atoms with Crippen molar-refractivity contribution < 1.29 is 14.1 Å². The van der Waals surface area contributed by atoms with E-state index in [1.54, 1.807) is 7.11 Å². The first-order valence-electron chi connectivity index (χ1n) is 7.90. The van der Waals surface area contributed by atoms with E-state index in [1.807, 2.05) is 29.2 Å². The van der Waals surface area contributed by atoms with E-state index in [0.717, 1.165) is 30.8 Å². The lowest BCUT2D eigenvalue weighted by Gasteiger charge is -2.30. The molecule has 0 radical (unpaired) electrons. The van der Waals surface area contributed by atoms with E-state index in [4.69, 9.17) is 9.26 Å². The highest BCUT2D eigenvalue weighted by Crippen LogP contribution is 2.20. The van der Waals surface area contributed by atoms with Crippen molar-refractivity contribution in [3.05, 3.63) is 30.2 Å². The molecule has 1 aliphatic rings. The van der Waals surface area contributed by atoms with Crippen molar-refractivity contribution in [3.8, 4) is 17.1 Å². The van der Waals surface area contributed by atoms with Crippen LogP contribution in [-0.4, -0.2) is 41.1 Å². The molecular formula is C17H21N3O3. The number of hydrogen-bond donors (Lipinski definition) is 0. The molecule has 23 heavy (non-hydrogen) atoms. The number of methoxy groups -OCH3 is 1. The summed E-state index contributed by atoms with van der Waals surface area (Å²) in [5.74, 6) is 2.24. The molecule has 1 aliphatic heterocycles. The normalized spacial score (nSPS) is 18.0. The third-order valence-electron chi connectivity index (χ3n) is 4.13. The lowest BCUT2D eigenvalue weighted by atomic mass is 10.00. The number of carbonyl (C=O) groups excluding carboxylic acids is 1. The minimum Gasteiger partial charge on any atom is -0.497 e. The number of rotatable bonds is 4. The zero-order chi connectivity index (χ0) is 16.2. The van der Waals surface area contributed by atoms with E-state index >= 15 is 0 Å². The molecular weight excluding hydrogens is 294 g/mol. The Bertz CT molecular complexity index is 666. The second kappa shape index (κ2) is 6.81. The van der Waals surface area contributed by atoms with Gasteiger partial charge in [0.1, 0.15) is 12.2 Å². The van der Waals surface area contributed by atoms with Gasteiger partial charge in [-0.1, -0.05) is 12.1 Å². The molecule has 0 saturated carbocycles. The summed E-state index contributed by atoms with van der Waals surface area (Å²) in [6.45, 7) is 3.81. The summed E-state index contributed by atoms with van der Waals surface area (Å²) < 4.78 is 10.3. The number of nitrogens with zero attached hydrogens (tertiary/aromatic N) is 3. The van der Waals surface area contributed by atoms with Gasteiger partial charge in [0.2, 0.25) is 17.6 Å². The first kappa shape index (κ1) is 15.5. The maximum atomic E-state index is 12.3. The number of likely N-dealkylation sites (tertiary alicyclic amines) is 1. The van der Waals surface area contributed by atoms with Gasteiger partial charge in [0.25, 0.3) is 0 Å². The summed E-state index contributed by atoms with van der Waals surface area (Å²) in [6.07, 6.45) is 2.41. The van der Waals surface area contributed by atoms with E-state index in [-0.39, 0.29) is 12.3 Å². The Morgan fingerprint density at radius 3 is 2.87 bits per heavy atom.